The lowest BCUT2D eigenvalue weighted by Crippen LogP contribution is -2.52. The van der Waals surface area contributed by atoms with Crippen LogP contribution in [0.25, 0.3) is 0 Å². The lowest BCUT2D eigenvalue weighted by molar-refractivity contribution is 0.176. The van der Waals surface area contributed by atoms with Crippen LogP contribution in [0.2, 0.25) is 0 Å². The van der Waals surface area contributed by atoms with Crippen LogP contribution in [0.1, 0.15) is 37.8 Å². The number of amides is 2. The maximum absolute atomic E-state index is 12.9. The van der Waals surface area contributed by atoms with Gasteiger partial charge >= 0.3 is 6.03 Å². The molecule has 1 saturated carbocycles. The maximum Gasteiger partial charge on any atom is 0.318 e. The predicted octanol–water partition coefficient (Wildman–Crippen LogP) is 0.621. The first-order valence-corrected chi connectivity index (χ1v) is 11.3. The molecule has 144 valence electrons. The van der Waals surface area contributed by atoms with Gasteiger partial charge in [-0.2, -0.15) is 5.10 Å². The fourth-order valence-electron chi connectivity index (χ4n) is 3.98. The summed E-state index contributed by atoms with van der Waals surface area (Å²) in [5.41, 5.74) is 0.788. The summed E-state index contributed by atoms with van der Waals surface area (Å²) >= 11 is 0. The van der Waals surface area contributed by atoms with Gasteiger partial charge in [0.25, 0.3) is 0 Å². The predicted molar refractivity (Wildman–Crippen MR) is 97.5 cm³/mol. The second-order valence-corrected chi connectivity index (χ2v) is 9.84. The van der Waals surface area contributed by atoms with Crippen molar-refractivity contribution < 1.29 is 13.2 Å². The molecule has 2 aliphatic heterocycles. The van der Waals surface area contributed by atoms with E-state index in [1.807, 2.05) is 13.1 Å². The molecule has 0 radical (unpaired) electrons. The van der Waals surface area contributed by atoms with E-state index in [0.29, 0.717) is 12.6 Å². The molecule has 8 nitrogen and oxygen atoms in total. The van der Waals surface area contributed by atoms with Crippen LogP contribution < -0.4 is 5.32 Å². The summed E-state index contributed by atoms with van der Waals surface area (Å²) in [6.45, 7) is 4.86. The molecule has 1 aromatic rings. The van der Waals surface area contributed by atoms with Gasteiger partial charge in [-0.15, -0.1) is 0 Å². The molecule has 4 rings (SSSR count). The zero-order valence-electron chi connectivity index (χ0n) is 15.2. The fraction of sp³-hybridized carbons (Fsp3) is 0.765. The standard InChI is InChI=1S/C17H27N5O3S/c1-2-21-10-13(9-18-21)16-12-26(24,25)8-7-22(16)17(23)19-14-5-6-20(11-14)15-3-4-15/h9-10,14-16H,2-8,11-12H2,1H3,(H,19,23). The van der Waals surface area contributed by atoms with E-state index in [9.17, 15) is 13.2 Å². The van der Waals surface area contributed by atoms with Crippen LogP contribution >= 0.6 is 0 Å². The molecule has 0 spiro atoms. The summed E-state index contributed by atoms with van der Waals surface area (Å²) in [5.74, 6) is -0.00755. The van der Waals surface area contributed by atoms with E-state index in [2.05, 4.69) is 15.3 Å². The van der Waals surface area contributed by atoms with Crippen LogP contribution in [0.3, 0.4) is 0 Å². The summed E-state index contributed by atoms with van der Waals surface area (Å²) in [5, 5.41) is 7.38. The van der Waals surface area contributed by atoms with E-state index >= 15 is 0 Å². The number of urea groups is 1. The van der Waals surface area contributed by atoms with Crippen LogP contribution in [0.4, 0.5) is 4.79 Å². The largest absolute Gasteiger partial charge is 0.334 e. The molecule has 26 heavy (non-hydrogen) atoms. The number of likely N-dealkylation sites (tertiary alicyclic amines) is 1. The topological polar surface area (TPSA) is 87.5 Å². The second kappa shape index (κ2) is 6.84. The Morgan fingerprint density at radius 3 is 2.81 bits per heavy atom. The Bertz CT molecular complexity index is 773. The molecule has 9 heteroatoms. The highest BCUT2D eigenvalue weighted by molar-refractivity contribution is 7.91. The Balaban J connectivity index is 1.46. The summed E-state index contributed by atoms with van der Waals surface area (Å²) in [6, 6.07) is 0.247. The van der Waals surface area contributed by atoms with Crippen LogP contribution in [0.15, 0.2) is 12.4 Å². The zero-order valence-corrected chi connectivity index (χ0v) is 16.0. The first-order valence-electron chi connectivity index (χ1n) is 9.49. The number of hydrogen-bond donors (Lipinski definition) is 1. The van der Waals surface area contributed by atoms with E-state index in [0.717, 1.165) is 25.1 Å². The van der Waals surface area contributed by atoms with Gasteiger partial charge in [0.2, 0.25) is 0 Å². The number of aryl methyl sites for hydroxylation is 1. The van der Waals surface area contributed by atoms with E-state index in [1.165, 1.54) is 12.8 Å². The van der Waals surface area contributed by atoms with Gasteiger partial charge in [-0.1, -0.05) is 0 Å². The third kappa shape index (κ3) is 3.73. The van der Waals surface area contributed by atoms with Gasteiger partial charge in [-0.05, 0) is 26.2 Å². The minimum Gasteiger partial charge on any atom is -0.334 e. The van der Waals surface area contributed by atoms with Crippen molar-refractivity contribution in [3.8, 4) is 0 Å². The molecule has 2 atom stereocenters. The minimum atomic E-state index is -3.15. The molecule has 0 aromatic carbocycles. The van der Waals surface area contributed by atoms with Crippen molar-refractivity contribution in [1.82, 2.24) is 24.9 Å². The zero-order chi connectivity index (χ0) is 18.3. The summed E-state index contributed by atoms with van der Waals surface area (Å²) in [4.78, 5) is 17.0. The van der Waals surface area contributed by atoms with Gasteiger partial charge in [0.1, 0.15) is 0 Å². The van der Waals surface area contributed by atoms with E-state index < -0.39 is 15.9 Å². The molecule has 2 unspecified atom stereocenters. The summed E-state index contributed by atoms with van der Waals surface area (Å²) in [7, 11) is -3.15. The Hall–Kier alpha value is -1.61. The van der Waals surface area contributed by atoms with Gasteiger partial charge in [0, 0.05) is 50.0 Å². The van der Waals surface area contributed by atoms with Gasteiger partial charge in [0.15, 0.2) is 9.84 Å². The Labute approximate surface area is 154 Å². The third-order valence-electron chi connectivity index (χ3n) is 5.66. The highest BCUT2D eigenvalue weighted by atomic mass is 32.2. The monoisotopic (exact) mass is 381 g/mol. The van der Waals surface area contributed by atoms with Gasteiger partial charge in [-0.25, -0.2) is 13.2 Å². The minimum absolute atomic E-state index is 0.0255. The van der Waals surface area contributed by atoms with Crippen LogP contribution in [0.5, 0.6) is 0 Å². The SMILES string of the molecule is CCn1cc(C2CS(=O)(=O)CCN2C(=O)NC2CCN(C3CC3)C2)cn1. The number of nitrogens with one attached hydrogen (secondary N) is 1. The molecule has 1 N–H and O–H groups in total. The Morgan fingerprint density at radius 1 is 1.31 bits per heavy atom. The molecular weight excluding hydrogens is 354 g/mol. The van der Waals surface area contributed by atoms with Crippen molar-refractivity contribution in [2.24, 2.45) is 0 Å². The molecule has 1 aliphatic carbocycles. The highest BCUT2D eigenvalue weighted by Crippen LogP contribution is 2.30. The van der Waals surface area contributed by atoms with Gasteiger partial charge in [0.05, 0.1) is 23.7 Å². The van der Waals surface area contributed by atoms with Gasteiger partial charge in [-0.3, -0.25) is 9.58 Å². The number of sulfone groups is 1. The second-order valence-electron chi connectivity index (χ2n) is 7.61. The number of nitrogens with zero attached hydrogens (tertiary/aromatic N) is 4. The molecule has 1 aromatic heterocycles. The van der Waals surface area contributed by atoms with Crippen molar-refractivity contribution in [2.45, 2.75) is 50.9 Å². The lowest BCUT2D eigenvalue weighted by Gasteiger charge is -2.35. The Kier molecular flexibility index (Phi) is 4.68. The average molecular weight is 382 g/mol. The third-order valence-corrected chi connectivity index (χ3v) is 7.29. The van der Waals surface area contributed by atoms with E-state index in [-0.39, 0.29) is 30.1 Å². The quantitative estimate of drug-likeness (QED) is 0.826. The number of carbonyl (C=O) groups is 1. The molecule has 3 aliphatic rings. The fourth-order valence-corrected chi connectivity index (χ4v) is 5.48. The van der Waals surface area contributed by atoms with Crippen molar-refractivity contribution in [2.75, 3.05) is 31.1 Å². The van der Waals surface area contributed by atoms with Gasteiger partial charge < -0.3 is 10.2 Å². The first-order chi connectivity index (χ1) is 12.4. The van der Waals surface area contributed by atoms with Crippen molar-refractivity contribution in [3.05, 3.63) is 18.0 Å². The van der Waals surface area contributed by atoms with Crippen LogP contribution in [0, 0.1) is 0 Å². The van der Waals surface area contributed by atoms with Crippen LogP contribution in [-0.4, -0.2) is 77.3 Å². The number of hydrogen-bond acceptors (Lipinski definition) is 5. The molecule has 3 heterocycles. The normalized spacial score (nSPS) is 29.0. The first kappa shape index (κ1) is 17.8. The molecule has 3 fully saturated rings. The van der Waals surface area contributed by atoms with E-state index in [1.54, 1.807) is 15.8 Å². The van der Waals surface area contributed by atoms with Crippen molar-refractivity contribution >= 4 is 15.9 Å². The van der Waals surface area contributed by atoms with E-state index in [4.69, 9.17) is 0 Å². The number of rotatable bonds is 4. The van der Waals surface area contributed by atoms with Crippen molar-refractivity contribution in [1.29, 1.82) is 0 Å². The smallest absolute Gasteiger partial charge is 0.318 e. The molecule has 2 amide bonds. The average Bonchev–Trinajstić information content (AvgIpc) is 3.16. The summed E-state index contributed by atoms with van der Waals surface area (Å²) in [6.07, 6.45) is 7.03. The van der Waals surface area contributed by atoms with Crippen LogP contribution in [-0.2, 0) is 16.4 Å². The molecular formula is C17H27N5O3S. The lowest BCUT2D eigenvalue weighted by atomic mass is 10.1. The highest BCUT2D eigenvalue weighted by Gasteiger charge is 2.38. The van der Waals surface area contributed by atoms with Crippen molar-refractivity contribution in [3.63, 3.8) is 0 Å². The maximum atomic E-state index is 12.9. The summed E-state index contributed by atoms with van der Waals surface area (Å²) < 4.78 is 26.1. The molecule has 0 bridgehead atoms. The number of aromatic nitrogens is 2. The Morgan fingerprint density at radius 2 is 2.12 bits per heavy atom. The molecule has 2 saturated heterocycles. The number of carbonyl (C=O) groups excluding carboxylic acids is 1.